The summed E-state index contributed by atoms with van der Waals surface area (Å²) in [5, 5.41) is 0.589. The lowest BCUT2D eigenvalue weighted by molar-refractivity contribution is 0.341. The van der Waals surface area contributed by atoms with Crippen molar-refractivity contribution in [3.8, 4) is 0 Å². The number of fused-ring (bicyclic) bond motifs is 1. The molecule has 0 N–H and O–H groups in total. The normalized spacial score (nSPS) is 30.6. The van der Waals surface area contributed by atoms with Gasteiger partial charge in [0.15, 0.2) is 11.0 Å². The summed E-state index contributed by atoms with van der Waals surface area (Å²) in [6, 6.07) is 0.681. The topological polar surface area (TPSA) is 29.0 Å². The molecule has 3 rings (SSSR count). The van der Waals surface area contributed by atoms with Gasteiger partial charge in [0.05, 0.1) is 11.7 Å². The average Bonchev–Trinajstić information content (AvgIpc) is 2.83. The molecule has 3 nitrogen and oxygen atoms in total. The van der Waals surface area contributed by atoms with Gasteiger partial charge in [-0.3, -0.25) is 0 Å². The molecule has 2 atom stereocenters. The van der Waals surface area contributed by atoms with Crippen LogP contribution in [0.1, 0.15) is 32.1 Å². The quantitative estimate of drug-likeness (QED) is 0.760. The van der Waals surface area contributed by atoms with Gasteiger partial charge in [-0.2, -0.15) is 8.75 Å². The Balaban J connectivity index is 1.85. The molecule has 1 aliphatic heterocycles. The second-order valence-electron chi connectivity index (χ2n) is 4.47. The summed E-state index contributed by atoms with van der Waals surface area (Å²) < 4.78 is 8.37. The second-order valence-corrected chi connectivity index (χ2v) is 5.36. The maximum atomic E-state index is 6.05. The third kappa shape index (κ3) is 1.64. The van der Waals surface area contributed by atoms with E-state index in [1.807, 2.05) is 0 Å². The Morgan fingerprint density at radius 3 is 2.87 bits per heavy atom. The number of aromatic nitrogens is 2. The fourth-order valence-electron chi connectivity index (χ4n) is 3.01. The number of anilines is 1. The van der Waals surface area contributed by atoms with E-state index >= 15 is 0 Å². The van der Waals surface area contributed by atoms with Gasteiger partial charge in [-0.05, 0) is 25.2 Å². The predicted molar refractivity (Wildman–Crippen MR) is 62.6 cm³/mol. The molecule has 82 valence electrons. The van der Waals surface area contributed by atoms with E-state index in [2.05, 4.69) is 13.6 Å². The SMILES string of the molecule is Clc1nsnc1N1CCC2CCCCC21. The largest absolute Gasteiger partial charge is 0.350 e. The monoisotopic (exact) mass is 243 g/mol. The zero-order chi connectivity index (χ0) is 10.3. The summed E-state index contributed by atoms with van der Waals surface area (Å²) >= 11 is 7.27. The second kappa shape index (κ2) is 3.91. The van der Waals surface area contributed by atoms with Crippen LogP contribution in [0.2, 0.25) is 5.15 Å². The minimum absolute atomic E-state index is 0.589. The van der Waals surface area contributed by atoms with Crippen molar-refractivity contribution in [1.29, 1.82) is 0 Å². The summed E-state index contributed by atoms with van der Waals surface area (Å²) in [5.41, 5.74) is 0. The van der Waals surface area contributed by atoms with Crippen molar-refractivity contribution in [2.75, 3.05) is 11.4 Å². The van der Waals surface area contributed by atoms with E-state index in [9.17, 15) is 0 Å². The van der Waals surface area contributed by atoms with Gasteiger partial charge >= 0.3 is 0 Å². The molecule has 15 heavy (non-hydrogen) atoms. The highest BCUT2D eigenvalue weighted by Gasteiger charge is 2.37. The molecule has 2 unspecified atom stereocenters. The molecule has 0 bridgehead atoms. The van der Waals surface area contributed by atoms with Gasteiger partial charge in [0.1, 0.15) is 0 Å². The number of hydrogen-bond acceptors (Lipinski definition) is 4. The van der Waals surface area contributed by atoms with E-state index in [0.717, 1.165) is 18.3 Å². The van der Waals surface area contributed by atoms with Crippen LogP contribution in [0.15, 0.2) is 0 Å². The Morgan fingerprint density at radius 1 is 1.20 bits per heavy atom. The molecule has 1 saturated carbocycles. The van der Waals surface area contributed by atoms with Crippen LogP contribution in [-0.2, 0) is 0 Å². The maximum Gasteiger partial charge on any atom is 0.187 e. The van der Waals surface area contributed by atoms with Gasteiger partial charge in [-0.15, -0.1) is 0 Å². The Morgan fingerprint density at radius 2 is 2.07 bits per heavy atom. The zero-order valence-electron chi connectivity index (χ0n) is 8.53. The number of halogens is 1. The van der Waals surface area contributed by atoms with Crippen molar-refractivity contribution < 1.29 is 0 Å². The number of nitrogens with zero attached hydrogens (tertiary/aromatic N) is 3. The third-order valence-corrected chi connectivity index (χ3v) is 4.59. The van der Waals surface area contributed by atoms with Gasteiger partial charge in [0.25, 0.3) is 0 Å². The molecule has 0 amide bonds. The molecule has 0 spiro atoms. The molecule has 1 aliphatic carbocycles. The van der Waals surface area contributed by atoms with Crippen LogP contribution in [0, 0.1) is 5.92 Å². The molecular formula is C10H14ClN3S. The molecule has 1 aromatic heterocycles. The lowest BCUT2D eigenvalue weighted by Crippen LogP contribution is -2.35. The standard InChI is InChI=1S/C10H14ClN3S/c11-9-10(13-15-12-9)14-6-5-7-3-1-2-4-8(7)14/h7-8H,1-6H2. The summed E-state index contributed by atoms with van der Waals surface area (Å²) in [4.78, 5) is 2.38. The highest BCUT2D eigenvalue weighted by atomic mass is 35.5. The molecular weight excluding hydrogens is 230 g/mol. The van der Waals surface area contributed by atoms with Gasteiger partial charge in [-0.25, -0.2) is 0 Å². The highest BCUT2D eigenvalue weighted by Crippen LogP contribution is 2.40. The number of rotatable bonds is 1. The van der Waals surface area contributed by atoms with Gasteiger partial charge < -0.3 is 4.90 Å². The molecule has 2 aliphatic rings. The van der Waals surface area contributed by atoms with Crippen LogP contribution >= 0.6 is 23.3 Å². The van der Waals surface area contributed by atoms with Crippen molar-refractivity contribution in [3.05, 3.63) is 5.15 Å². The Labute approximate surface area is 98.8 Å². The lowest BCUT2D eigenvalue weighted by Gasteiger charge is -2.31. The summed E-state index contributed by atoms with van der Waals surface area (Å²) in [6.45, 7) is 1.11. The van der Waals surface area contributed by atoms with Crippen LogP contribution in [0.4, 0.5) is 5.82 Å². The van der Waals surface area contributed by atoms with Crippen LogP contribution in [0.25, 0.3) is 0 Å². The molecule has 0 radical (unpaired) electrons. The third-order valence-electron chi connectivity index (χ3n) is 3.71. The fourth-order valence-corrected chi connectivity index (χ4v) is 3.77. The highest BCUT2D eigenvalue weighted by molar-refractivity contribution is 6.99. The van der Waals surface area contributed by atoms with Crippen molar-refractivity contribution >= 4 is 29.1 Å². The smallest absolute Gasteiger partial charge is 0.187 e. The lowest BCUT2D eigenvalue weighted by atomic mass is 9.85. The Hall–Kier alpha value is -0.350. The van der Waals surface area contributed by atoms with Gasteiger partial charge in [0.2, 0.25) is 0 Å². The summed E-state index contributed by atoms with van der Waals surface area (Å²) in [7, 11) is 0. The van der Waals surface area contributed by atoms with Gasteiger partial charge in [0, 0.05) is 12.6 Å². The zero-order valence-corrected chi connectivity index (χ0v) is 10.1. The van der Waals surface area contributed by atoms with E-state index in [-0.39, 0.29) is 0 Å². The van der Waals surface area contributed by atoms with Crippen molar-refractivity contribution in [2.24, 2.45) is 5.92 Å². The first kappa shape index (κ1) is 9.85. The van der Waals surface area contributed by atoms with Crippen LogP contribution in [-0.4, -0.2) is 21.3 Å². The molecule has 1 aromatic rings. The summed E-state index contributed by atoms with van der Waals surface area (Å²) in [6.07, 6.45) is 6.75. The number of hydrogen-bond donors (Lipinski definition) is 0. The van der Waals surface area contributed by atoms with Gasteiger partial charge in [-0.1, -0.05) is 24.4 Å². The van der Waals surface area contributed by atoms with E-state index in [4.69, 9.17) is 11.6 Å². The molecule has 2 fully saturated rings. The minimum Gasteiger partial charge on any atom is -0.350 e. The molecule has 1 saturated heterocycles. The first-order valence-electron chi connectivity index (χ1n) is 5.61. The maximum absolute atomic E-state index is 6.05. The van der Waals surface area contributed by atoms with Crippen LogP contribution in [0.3, 0.4) is 0 Å². The van der Waals surface area contributed by atoms with Crippen molar-refractivity contribution in [1.82, 2.24) is 8.75 Å². The predicted octanol–water partition coefficient (Wildman–Crippen LogP) is 2.96. The summed E-state index contributed by atoms with van der Waals surface area (Å²) in [5.74, 6) is 1.80. The molecule has 2 heterocycles. The van der Waals surface area contributed by atoms with E-state index in [1.165, 1.54) is 43.8 Å². The van der Waals surface area contributed by atoms with Crippen LogP contribution in [0.5, 0.6) is 0 Å². The van der Waals surface area contributed by atoms with Crippen LogP contribution < -0.4 is 4.90 Å². The fraction of sp³-hybridized carbons (Fsp3) is 0.800. The van der Waals surface area contributed by atoms with Crippen molar-refractivity contribution in [3.63, 3.8) is 0 Å². The van der Waals surface area contributed by atoms with E-state index in [0.29, 0.717) is 11.2 Å². The van der Waals surface area contributed by atoms with Crippen molar-refractivity contribution in [2.45, 2.75) is 38.1 Å². The minimum atomic E-state index is 0.589. The van der Waals surface area contributed by atoms with E-state index < -0.39 is 0 Å². The average molecular weight is 244 g/mol. The first-order valence-corrected chi connectivity index (χ1v) is 6.72. The molecule has 5 heteroatoms. The van der Waals surface area contributed by atoms with E-state index in [1.54, 1.807) is 0 Å². The molecule has 0 aromatic carbocycles. The first-order chi connectivity index (χ1) is 7.36. The Kier molecular flexibility index (Phi) is 2.56. The Bertz CT molecular complexity index is 354.